The third-order valence-electron chi connectivity index (χ3n) is 5.36. The summed E-state index contributed by atoms with van der Waals surface area (Å²) < 4.78 is 32.9. The molecule has 2 heterocycles. The summed E-state index contributed by atoms with van der Waals surface area (Å²) in [5.41, 5.74) is 0.960. The van der Waals surface area contributed by atoms with Crippen molar-refractivity contribution in [2.24, 2.45) is 0 Å². The lowest BCUT2D eigenvalue weighted by Gasteiger charge is -2.22. The first-order chi connectivity index (χ1) is 14.4. The van der Waals surface area contributed by atoms with Crippen molar-refractivity contribution in [3.63, 3.8) is 0 Å². The molecule has 0 radical (unpaired) electrons. The number of nitrogens with one attached hydrogen (secondary N) is 1. The molecule has 1 N–H and O–H groups in total. The van der Waals surface area contributed by atoms with Gasteiger partial charge in [0.2, 0.25) is 5.91 Å². The van der Waals surface area contributed by atoms with Crippen LogP contribution in [0, 0.1) is 6.92 Å². The number of hydrogen-bond acceptors (Lipinski definition) is 5. The van der Waals surface area contributed by atoms with Gasteiger partial charge in [-0.15, -0.1) is 11.3 Å². The van der Waals surface area contributed by atoms with Crippen molar-refractivity contribution in [1.29, 1.82) is 0 Å². The van der Waals surface area contributed by atoms with Crippen LogP contribution >= 0.6 is 11.3 Å². The number of carbonyl (C=O) groups is 1. The van der Waals surface area contributed by atoms with Crippen molar-refractivity contribution in [3.8, 4) is 5.75 Å². The Balaban J connectivity index is 1.46. The molecule has 2 aromatic carbocycles. The van der Waals surface area contributed by atoms with Crippen molar-refractivity contribution in [2.75, 3.05) is 13.7 Å². The van der Waals surface area contributed by atoms with E-state index in [1.54, 1.807) is 19.2 Å². The minimum absolute atomic E-state index is 0.251. The molecule has 1 atom stereocenters. The molecule has 1 saturated heterocycles. The number of ether oxygens (including phenoxy) is 1. The molecule has 3 aromatic rings. The summed E-state index contributed by atoms with van der Waals surface area (Å²) in [6.45, 7) is 2.59. The van der Waals surface area contributed by atoms with E-state index in [0.29, 0.717) is 30.1 Å². The van der Waals surface area contributed by atoms with E-state index in [2.05, 4.69) is 5.32 Å². The Morgan fingerprint density at radius 1 is 1.17 bits per heavy atom. The van der Waals surface area contributed by atoms with Gasteiger partial charge in [0.15, 0.2) is 0 Å². The van der Waals surface area contributed by atoms with Crippen LogP contribution in [0.3, 0.4) is 0 Å². The minimum atomic E-state index is -3.65. The molecular weight excluding hydrogens is 420 g/mol. The highest BCUT2D eigenvalue weighted by atomic mass is 32.2. The van der Waals surface area contributed by atoms with Gasteiger partial charge in [0, 0.05) is 18.0 Å². The zero-order valence-corrected chi connectivity index (χ0v) is 18.6. The van der Waals surface area contributed by atoms with E-state index in [1.165, 1.54) is 15.6 Å². The molecule has 0 bridgehead atoms. The highest BCUT2D eigenvalue weighted by Gasteiger charge is 2.39. The normalized spacial score (nSPS) is 17.3. The highest BCUT2D eigenvalue weighted by molar-refractivity contribution is 7.91. The van der Waals surface area contributed by atoms with E-state index < -0.39 is 16.1 Å². The fourth-order valence-electron chi connectivity index (χ4n) is 3.77. The van der Waals surface area contributed by atoms with Gasteiger partial charge in [0.25, 0.3) is 10.0 Å². The van der Waals surface area contributed by atoms with Gasteiger partial charge in [-0.05, 0) is 66.4 Å². The largest absolute Gasteiger partial charge is 0.497 e. The maximum Gasteiger partial charge on any atom is 0.253 e. The summed E-state index contributed by atoms with van der Waals surface area (Å²) in [5.74, 6) is 0.547. The zero-order chi connectivity index (χ0) is 21.3. The fraction of sp³-hybridized carbons (Fsp3) is 0.318. The predicted molar refractivity (Wildman–Crippen MR) is 118 cm³/mol. The van der Waals surface area contributed by atoms with Crippen LogP contribution in [-0.4, -0.2) is 38.3 Å². The van der Waals surface area contributed by atoms with E-state index in [0.717, 1.165) is 27.0 Å². The second kappa shape index (κ2) is 8.37. The molecule has 6 nitrogen and oxygen atoms in total. The monoisotopic (exact) mass is 444 g/mol. The molecule has 0 aliphatic carbocycles. The lowest BCUT2D eigenvalue weighted by Crippen LogP contribution is -2.45. The van der Waals surface area contributed by atoms with Crippen LogP contribution in [0.4, 0.5) is 0 Å². The maximum atomic E-state index is 13.0. The van der Waals surface area contributed by atoms with Crippen molar-refractivity contribution in [2.45, 2.75) is 36.6 Å². The molecular formula is C22H24N2O4S2. The second-order valence-corrected chi connectivity index (χ2v) is 10.8. The summed E-state index contributed by atoms with van der Waals surface area (Å²) >= 11 is 1.24. The number of benzene rings is 2. The van der Waals surface area contributed by atoms with Gasteiger partial charge in [-0.3, -0.25) is 4.79 Å². The first-order valence-corrected chi connectivity index (χ1v) is 12.1. The fourth-order valence-corrected chi connectivity index (χ4v) is 6.84. The average molecular weight is 445 g/mol. The van der Waals surface area contributed by atoms with Gasteiger partial charge in [-0.25, -0.2) is 8.42 Å². The van der Waals surface area contributed by atoms with Gasteiger partial charge in [0.05, 0.1) is 7.11 Å². The number of nitrogens with zero attached hydrogens (tertiary/aromatic N) is 1. The number of amides is 1. The number of carbonyl (C=O) groups excluding carboxylic acids is 1. The second-order valence-electron chi connectivity index (χ2n) is 7.40. The molecule has 0 saturated carbocycles. The molecule has 1 fully saturated rings. The average Bonchev–Trinajstić information content (AvgIpc) is 3.41. The molecule has 1 amide bonds. The molecule has 30 heavy (non-hydrogen) atoms. The Kier molecular flexibility index (Phi) is 5.81. The van der Waals surface area contributed by atoms with Gasteiger partial charge >= 0.3 is 0 Å². The summed E-state index contributed by atoms with van der Waals surface area (Å²) in [5, 5.41) is 5.04. The Morgan fingerprint density at radius 3 is 2.67 bits per heavy atom. The molecule has 1 aliphatic rings. The van der Waals surface area contributed by atoms with Crippen LogP contribution in [0.5, 0.6) is 5.75 Å². The molecule has 8 heteroatoms. The number of aryl methyl sites for hydroxylation is 1. The maximum absolute atomic E-state index is 13.0. The highest BCUT2D eigenvalue weighted by Crippen LogP contribution is 2.30. The van der Waals surface area contributed by atoms with Crippen LogP contribution < -0.4 is 10.1 Å². The molecule has 4 rings (SSSR count). The van der Waals surface area contributed by atoms with E-state index in [-0.39, 0.29) is 5.91 Å². The zero-order valence-electron chi connectivity index (χ0n) is 16.9. The van der Waals surface area contributed by atoms with Crippen LogP contribution in [0.2, 0.25) is 0 Å². The van der Waals surface area contributed by atoms with Crippen molar-refractivity contribution in [1.82, 2.24) is 9.62 Å². The van der Waals surface area contributed by atoms with Gasteiger partial charge in [-0.1, -0.05) is 18.2 Å². The van der Waals surface area contributed by atoms with Crippen molar-refractivity contribution >= 4 is 38.0 Å². The van der Waals surface area contributed by atoms with Crippen LogP contribution in [0.1, 0.15) is 23.3 Å². The predicted octanol–water partition coefficient (Wildman–Crippen LogP) is 3.69. The van der Waals surface area contributed by atoms with Gasteiger partial charge < -0.3 is 10.1 Å². The number of rotatable bonds is 6. The summed E-state index contributed by atoms with van der Waals surface area (Å²) in [7, 11) is -2.02. The number of sulfonamides is 1. The summed E-state index contributed by atoms with van der Waals surface area (Å²) in [6, 6.07) is 14.6. The quantitative estimate of drug-likeness (QED) is 0.629. The Labute approximate surface area is 180 Å². The molecule has 0 unspecified atom stereocenters. The van der Waals surface area contributed by atoms with E-state index >= 15 is 0 Å². The smallest absolute Gasteiger partial charge is 0.253 e. The van der Waals surface area contributed by atoms with Crippen LogP contribution in [0.25, 0.3) is 10.8 Å². The molecule has 1 aliphatic heterocycles. The summed E-state index contributed by atoms with van der Waals surface area (Å²) in [4.78, 5) is 13.8. The molecule has 1 aromatic heterocycles. The summed E-state index contributed by atoms with van der Waals surface area (Å²) in [6.07, 6.45) is 1.21. The Morgan fingerprint density at radius 2 is 1.93 bits per heavy atom. The number of methoxy groups -OCH3 is 1. The molecule has 0 spiro atoms. The van der Waals surface area contributed by atoms with Gasteiger partial charge in [-0.2, -0.15) is 4.31 Å². The first-order valence-electron chi connectivity index (χ1n) is 9.81. The first kappa shape index (κ1) is 20.8. The Hall–Kier alpha value is -2.42. The third kappa shape index (κ3) is 4.08. The van der Waals surface area contributed by atoms with Crippen LogP contribution in [-0.2, 0) is 21.4 Å². The van der Waals surface area contributed by atoms with Gasteiger partial charge in [0.1, 0.15) is 16.0 Å². The third-order valence-corrected chi connectivity index (χ3v) is 8.74. The standard InChI is InChI=1S/C22H24N2O4S2/c1-15-5-10-21(29-15)30(26,27)24-11-3-4-20(24)22(25)23-14-16-6-7-18-13-19(28-2)9-8-17(18)12-16/h5-10,12-13,20H,3-4,11,14H2,1-2H3,(H,23,25)/t20-/m1/s1. The van der Waals surface area contributed by atoms with Crippen LogP contribution in [0.15, 0.2) is 52.7 Å². The van der Waals surface area contributed by atoms with E-state index in [9.17, 15) is 13.2 Å². The van der Waals surface area contributed by atoms with E-state index in [4.69, 9.17) is 4.74 Å². The van der Waals surface area contributed by atoms with Crippen molar-refractivity contribution in [3.05, 3.63) is 59.0 Å². The number of fused-ring (bicyclic) bond motifs is 1. The number of hydrogen-bond donors (Lipinski definition) is 1. The minimum Gasteiger partial charge on any atom is -0.497 e. The molecule has 158 valence electrons. The van der Waals surface area contributed by atoms with Crippen molar-refractivity contribution < 1.29 is 17.9 Å². The topological polar surface area (TPSA) is 75.7 Å². The Bertz CT molecular complexity index is 1190. The lowest BCUT2D eigenvalue weighted by molar-refractivity contribution is -0.124. The SMILES string of the molecule is COc1ccc2cc(CNC(=O)[C@H]3CCCN3S(=O)(=O)c3ccc(C)s3)ccc2c1. The van der Waals surface area contributed by atoms with E-state index in [1.807, 2.05) is 43.3 Å². The number of thiophene rings is 1. The lowest BCUT2D eigenvalue weighted by atomic mass is 10.1.